The van der Waals surface area contributed by atoms with Crippen molar-refractivity contribution in [2.24, 2.45) is 5.84 Å². The van der Waals surface area contributed by atoms with Crippen LogP contribution in [-0.4, -0.2) is 9.97 Å². The molecule has 1 heterocycles. The molecule has 2 aromatic rings. The topological polar surface area (TPSA) is 75.9 Å². The Morgan fingerprint density at radius 2 is 1.80 bits per heavy atom. The Labute approximate surface area is 127 Å². The van der Waals surface area contributed by atoms with E-state index in [1.54, 1.807) is 24.3 Å². The van der Waals surface area contributed by atoms with E-state index < -0.39 is 0 Å². The highest BCUT2D eigenvalue weighted by molar-refractivity contribution is 6.39. The maximum Gasteiger partial charge on any atom is 0.145 e. The number of para-hydroxylation sites is 1. The van der Waals surface area contributed by atoms with Gasteiger partial charge in [-0.2, -0.15) is 0 Å². The average molecular weight is 312 g/mol. The minimum Gasteiger partial charge on any atom is -0.338 e. The zero-order valence-corrected chi connectivity index (χ0v) is 12.5. The van der Waals surface area contributed by atoms with Crippen LogP contribution in [0.1, 0.15) is 19.2 Å². The third kappa shape index (κ3) is 3.50. The first-order chi connectivity index (χ1) is 9.63. The van der Waals surface area contributed by atoms with E-state index in [0.717, 1.165) is 12.8 Å². The Hall–Kier alpha value is -1.56. The fraction of sp³-hybridized carbons (Fsp3) is 0.231. The molecular formula is C13H15Cl2N5. The Morgan fingerprint density at radius 3 is 2.40 bits per heavy atom. The number of hydrazine groups is 1. The van der Waals surface area contributed by atoms with Gasteiger partial charge >= 0.3 is 0 Å². The van der Waals surface area contributed by atoms with Gasteiger partial charge in [0.1, 0.15) is 17.5 Å². The number of hydrogen-bond donors (Lipinski definition) is 3. The van der Waals surface area contributed by atoms with Gasteiger partial charge in [0.15, 0.2) is 0 Å². The normalized spacial score (nSPS) is 10.4. The second-order valence-corrected chi connectivity index (χ2v) is 4.99. The van der Waals surface area contributed by atoms with Gasteiger partial charge in [0, 0.05) is 12.5 Å². The van der Waals surface area contributed by atoms with Gasteiger partial charge in [0.05, 0.1) is 15.7 Å². The summed E-state index contributed by atoms with van der Waals surface area (Å²) in [5.41, 5.74) is 3.14. The summed E-state index contributed by atoms with van der Waals surface area (Å²) in [6, 6.07) is 6.99. The number of nitrogen functional groups attached to an aromatic ring is 1. The Bertz CT molecular complexity index is 583. The SMILES string of the molecule is CCCc1nc(NN)cc(Nc2c(Cl)cccc2Cl)n1. The van der Waals surface area contributed by atoms with Crippen LogP contribution in [0.25, 0.3) is 0 Å². The second-order valence-electron chi connectivity index (χ2n) is 4.17. The summed E-state index contributed by atoms with van der Waals surface area (Å²) in [4.78, 5) is 8.69. The maximum atomic E-state index is 6.12. The monoisotopic (exact) mass is 311 g/mol. The number of benzene rings is 1. The van der Waals surface area contributed by atoms with Crippen molar-refractivity contribution in [1.82, 2.24) is 9.97 Å². The highest BCUT2D eigenvalue weighted by Crippen LogP contribution is 2.32. The molecule has 4 N–H and O–H groups in total. The molecule has 5 nitrogen and oxygen atoms in total. The molecule has 1 aromatic heterocycles. The quantitative estimate of drug-likeness (QED) is 0.579. The van der Waals surface area contributed by atoms with Crippen LogP contribution in [-0.2, 0) is 6.42 Å². The van der Waals surface area contributed by atoms with Crippen molar-refractivity contribution in [3.05, 3.63) is 40.1 Å². The lowest BCUT2D eigenvalue weighted by atomic mass is 10.3. The first kappa shape index (κ1) is 14.8. The van der Waals surface area contributed by atoms with Crippen molar-refractivity contribution >= 4 is 40.5 Å². The van der Waals surface area contributed by atoms with E-state index in [-0.39, 0.29) is 0 Å². The molecule has 0 spiro atoms. The number of nitrogens with one attached hydrogen (secondary N) is 2. The van der Waals surface area contributed by atoms with Gasteiger partial charge < -0.3 is 10.7 Å². The van der Waals surface area contributed by atoms with Gasteiger partial charge in [-0.3, -0.25) is 0 Å². The van der Waals surface area contributed by atoms with E-state index >= 15 is 0 Å². The van der Waals surface area contributed by atoms with Crippen molar-refractivity contribution in [1.29, 1.82) is 0 Å². The zero-order chi connectivity index (χ0) is 14.5. The van der Waals surface area contributed by atoms with Gasteiger partial charge in [-0.25, -0.2) is 15.8 Å². The molecule has 0 saturated carbocycles. The molecule has 0 bridgehead atoms. The average Bonchev–Trinajstić information content (AvgIpc) is 2.43. The van der Waals surface area contributed by atoms with Crippen molar-refractivity contribution < 1.29 is 0 Å². The predicted octanol–water partition coefficient (Wildman–Crippen LogP) is 3.77. The van der Waals surface area contributed by atoms with Crippen LogP contribution in [0, 0.1) is 0 Å². The smallest absolute Gasteiger partial charge is 0.145 e. The first-order valence-electron chi connectivity index (χ1n) is 6.19. The summed E-state index contributed by atoms with van der Waals surface area (Å²) in [6.45, 7) is 2.06. The summed E-state index contributed by atoms with van der Waals surface area (Å²) in [7, 11) is 0. The minimum absolute atomic E-state index is 0.524. The van der Waals surface area contributed by atoms with Crippen LogP contribution in [0.2, 0.25) is 10.0 Å². The standard InChI is InChI=1S/C13H15Cl2N5/c1-2-4-10-17-11(7-12(18-10)20-16)19-13-8(14)5-3-6-9(13)15/h3,5-7H,2,4,16H2,1H3,(H2,17,18,19,20). The molecule has 0 aliphatic heterocycles. The lowest BCUT2D eigenvalue weighted by Crippen LogP contribution is -2.11. The van der Waals surface area contributed by atoms with E-state index in [4.69, 9.17) is 29.0 Å². The van der Waals surface area contributed by atoms with Crippen LogP contribution >= 0.6 is 23.2 Å². The van der Waals surface area contributed by atoms with Gasteiger partial charge in [0.25, 0.3) is 0 Å². The maximum absolute atomic E-state index is 6.12. The fourth-order valence-electron chi connectivity index (χ4n) is 1.72. The molecule has 0 aliphatic rings. The van der Waals surface area contributed by atoms with E-state index in [1.807, 2.05) is 0 Å². The van der Waals surface area contributed by atoms with Crippen molar-refractivity contribution in [2.75, 3.05) is 10.7 Å². The molecule has 0 amide bonds. The number of aromatic nitrogens is 2. The molecule has 106 valence electrons. The number of nitrogens with two attached hydrogens (primary N) is 1. The number of nitrogens with zero attached hydrogens (tertiary/aromatic N) is 2. The van der Waals surface area contributed by atoms with Crippen LogP contribution in [0.3, 0.4) is 0 Å². The number of halogens is 2. The molecule has 0 aliphatic carbocycles. The summed E-state index contributed by atoms with van der Waals surface area (Å²) in [5.74, 6) is 7.24. The highest BCUT2D eigenvalue weighted by atomic mass is 35.5. The molecule has 0 unspecified atom stereocenters. The fourth-order valence-corrected chi connectivity index (χ4v) is 2.21. The molecular weight excluding hydrogens is 297 g/mol. The minimum atomic E-state index is 0.524. The molecule has 0 atom stereocenters. The molecule has 20 heavy (non-hydrogen) atoms. The second kappa shape index (κ2) is 6.74. The van der Waals surface area contributed by atoms with E-state index in [1.165, 1.54) is 0 Å². The van der Waals surface area contributed by atoms with Crippen molar-refractivity contribution in [3.8, 4) is 0 Å². The predicted molar refractivity (Wildman–Crippen MR) is 83.6 cm³/mol. The Kier molecular flexibility index (Phi) is 5.00. The van der Waals surface area contributed by atoms with Gasteiger partial charge in [-0.1, -0.05) is 36.2 Å². The largest absolute Gasteiger partial charge is 0.338 e. The number of hydrogen-bond acceptors (Lipinski definition) is 5. The van der Waals surface area contributed by atoms with E-state index in [2.05, 4.69) is 27.6 Å². The third-order valence-corrected chi connectivity index (χ3v) is 3.24. The van der Waals surface area contributed by atoms with Crippen LogP contribution < -0.4 is 16.6 Å². The van der Waals surface area contributed by atoms with Gasteiger partial charge in [-0.15, -0.1) is 0 Å². The van der Waals surface area contributed by atoms with Crippen LogP contribution in [0.5, 0.6) is 0 Å². The molecule has 0 radical (unpaired) electrons. The molecule has 0 fully saturated rings. The van der Waals surface area contributed by atoms with Crippen molar-refractivity contribution in [2.45, 2.75) is 19.8 Å². The summed E-state index contributed by atoms with van der Waals surface area (Å²) < 4.78 is 0. The lowest BCUT2D eigenvalue weighted by Gasteiger charge is -2.11. The summed E-state index contributed by atoms with van der Waals surface area (Å²) >= 11 is 12.2. The molecule has 0 saturated heterocycles. The van der Waals surface area contributed by atoms with Crippen LogP contribution in [0.4, 0.5) is 17.3 Å². The van der Waals surface area contributed by atoms with E-state index in [9.17, 15) is 0 Å². The molecule has 2 rings (SSSR count). The van der Waals surface area contributed by atoms with Crippen molar-refractivity contribution in [3.63, 3.8) is 0 Å². The first-order valence-corrected chi connectivity index (χ1v) is 6.95. The Morgan fingerprint density at radius 1 is 1.15 bits per heavy atom. The number of anilines is 3. The molecule has 1 aromatic carbocycles. The van der Waals surface area contributed by atoms with E-state index in [0.29, 0.717) is 33.2 Å². The molecule has 7 heteroatoms. The van der Waals surface area contributed by atoms with Gasteiger partial charge in [-0.05, 0) is 18.6 Å². The van der Waals surface area contributed by atoms with Gasteiger partial charge in [0.2, 0.25) is 0 Å². The lowest BCUT2D eigenvalue weighted by molar-refractivity contribution is 0.837. The third-order valence-electron chi connectivity index (χ3n) is 2.61. The summed E-state index contributed by atoms with van der Waals surface area (Å²) in [6.07, 6.45) is 1.71. The zero-order valence-electron chi connectivity index (χ0n) is 11.0. The number of aryl methyl sites for hydroxylation is 1. The van der Waals surface area contributed by atoms with Crippen LogP contribution in [0.15, 0.2) is 24.3 Å². The number of rotatable bonds is 5. The Balaban J connectivity index is 2.35. The highest BCUT2D eigenvalue weighted by Gasteiger charge is 2.09. The summed E-state index contributed by atoms with van der Waals surface area (Å²) in [5, 5.41) is 4.15.